The molecule has 0 bridgehead atoms. The molecule has 3 nitrogen and oxygen atoms in total. The predicted octanol–water partition coefficient (Wildman–Crippen LogP) is 1.36. The lowest BCUT2D eigenvalue weighted by Gasteiger charge is -2.10. The first-order valence-corrected chi connectivity index (χ1v) is 4.35. The number of hydrogen-bond acceptors (Lipinski definition) is 2. The second-order valence-corrected chi connectivity index (χ2v) is 3.52. The molecule has 0 aliphatic carbocycles. The number of rotatable bonds is 4. The zero-order valence-corrected chi connectivity index (χ0v) is 7.62. The largest absolute Gasteiger partial charge is 0.393 e. The van der Waals surface area contributed by atoms with Gasteiger partial charge in [0.15, 0.2) is 0 Å². The lowest BCUT2D eigenvalue weighted by Crippen LogP contribution is -2.14. The van der Waals surface area contributed by atoms with Crippen molar-refractivity contribution < 1.29 is 5.11 Å². The van der Waals surface area contributed by atoms with E-state index >= 15 is 0 Å². The molecule has 68 valence electrons. The molecule has 0 saturated carbocycles. The van der Waals surface area contributed by atoms with E-state index in [4.69, 9.17) is 0 Å². The first-order chi connectivity index (χ1) is 5.68. The van der Waals surface area contributed by atoms with Crippen LogP contribution in [0.1, 0.15) is 26.1 Å². The molecule has 0 radical (unpaired) electrons. The summed E-state index contributed by atoms with van der Waals surface area (Å²) in [7, 11) is 0. The van der Waals surface area contributed by atoms with Gasteiger partial charge in [0.1, 0.15) is 5.82 Å². The van der Waals surface area contributed by atoms with Crippen molar-refractivity contribution in [3.05, 3.63) is 18.2 Å². The molecule has 3 heteroatoms. The molecule has 0 aromatic carbocycles. The molecular formula is C9H16N2O. The van der Waals surface area contributed by atoms with Crippen molar-refractivity contribution in [2.45, 2.75) is 32.8 Å². The van der Waals surface area contributed by atoms with E-state index in [1.807, 2.05) is 0 Å². The van der Waals surface area contributed by atoms with Gasteiger partial charge in [0, 0.05) is 18.8 Å². The quantitative estimate of drug-likeness (QED) is 0.713. The van der Waals surface area contributed by atoms with Gasteiger partial charge >= 0.3 is 0 Å². The first-order valence-electron chi connectivity index (χ1n) is 4.35. The van der Waals surface area contributed by atoms with Crippen LogP contribution in [0.4, 0.5) is 0 Å². The number of nitrogens with zero attached hydrogens (tertiary/aromatic N) is 1. The summed E-state index contributed by atoms with van der Waals surface area (Å²) in [4.78, 5) is 7.02. The Morgan fingerprint density at radius 2 is 2.33 bits per heavy atom. The van der Waals surface area contributed by atoms with Crippen LogP contribution in [-0.4, -0.2) is 21.2 Å². The summed E-state index contributed by atoms with van der Waals surface area (Å²) in [6, 6.07) is 0. The van der Waals surface area contributed by atoms with E-state index in [0.717, 1.165) is 12.2 Å². The minimum absolute atomic E-state index is 0.267. The number of aliphatic hydroxyl groups is 1. The molecule has 0 saturated heterocycles. The standard InChI is InChI=1S/C9H16N2O/c1-7(2)5-8(12)6-9-10-3-4-11-9/h3-4,7-8,12H,5-6H2,1-2H3,(H,10,11). The van der Waals surface area contributed by atoms with E-state index in [2.05, 4.69) is 23.8 Å². The molecule has 0 spiro atoms. The predicted molar refractivity (Wildman–Crippen MR) is 47.8 cm³/mol. The molecule has 1 rings (SSSR count). The zero-order valence-electron chi connectivity index (χ0n) is 7.62. The highest BCUT2D eigenvalue weighted by Crippen LogP contribution is 2.07. The van der Waals surface area contributed by atoms with Crippen LogP contribution in [-0.2, 0) is 6.42 Å². The SMILES string of the molecule is CC(C)CC(O)Cc1ncc[nH]1. The molecule has 0 amide bonds. The Labute approximate surface area is 72.8 Å². The van der Waals surface area contributed by atoms with Crippen molar-refractivity contribution in [3.63, 3.8) is 0 Å². The van der Waals surface area contributed by atoms with Crippen LogP contribution in [0.5, 0.6) is 0 Å². The van der Waals surface area contributed by atoms with Gasteiger partial charge in [-0.15, -0.1) is 0 Å². The van der Waals surface area contributed by atoms with Crippen LogP contribution in [0.3, 0.4) is 0 Å². The number of aromatic nitrogens is 2. The number of aliphatic hydroxyl groups excluding tert-OH is 1. The third-order valence-electron chi connectivity index (χ3n) is 1.73. The van der Waals surface area contributed by atoms with Crippen LogP contribution in [0.15, 0.2) is 12.4 Å². The average Bonchev–Trinajstić information content (AvgIpc) is 2.37. The third-order valence-corrected chi connectivity index (χ3v) is 1.73. The fourth-order valence-electron chi connectivity index (χ4n) is 1.26. The minimum atomic E-state index is -0.267. The Morgan fingerprint density at radius 1 is 1.58 bits per heavy atom. The lowest BCUT2D eigenvalue weighted by molar-refractivity contribution is 0.147. The zero-order chi connectivity index (χ0) is 8.97. The maximum absolute atomic E-state index is 9.53. The third kappa shape index (κ3) is 3.05. The Balaban J connectivity index is 2.32. The fourth-order valence-corrected chi connectivity index (χ4v) is 1.26. The van der Waals surface area contributed by atoms with Crippen molar-refractivity contribution in [3.8, 4) is 0 Å². The van der Waals surface area contributed by atoms with Crippen molar-refractivity contribution in [2.24, 2.45) is 5.92 Å². The van der Waals surface area contributed by atoms with Crippen molar-refractivity contribution in [1.29, 1.82) is 0 Å². The second kappa shape index (κ2) is 4.26. The molecule has 1 aromatic rings. The average molecular weight is 168 g/mol. The lowest BCUT2D eigenvalue weighted by atomic mass is 10.0. The normalized spacial score (nSPS) is 13.7. The molecule has 0 fully saturated rings. The van der Waals surface area contributed by atoms with E-state index < -0.39 is 0 Å². The highest BCUT2D eigenvalue weighted by molar-refractivity contribution is 4.89. The molecule has 12 heavy (non-hydrogen) atoms. The van der Waals surface area contributed by atoms with Crippen molar-refractivity contribution >= 4 is 0 Å². The minimum Gasteiger partial charge on any atom is -0.393 e. The number of nitrogens with one attached hydrogen (secondary N) is 1. The highest BCUT2D eigenvalue weighted by Gasteiger charge is 2.08. The van der Waals surface area contributed by atoms with Crippen LogP contribution in [0.25, 0.3) is 0 Å². The van der Waals surface area contributed by atoms with E-state index in [1.54, 1.807) is 12.4 Å². The summed E-state index contributed by atoms with van der Waals surface area (Å²) < 4.78 is 0. The van der Waals surface area contributed by atoms with Crippen LogP contribution < -0.4 is 0 Å². The van der Waals surface area contributed by atoms with Gasteiger partial charge in [-0.2, -0.15) is 0 Å². The van der Waals surface area contributed by atoms with Gasteiger partial charge in [-0.3, -0.25) is 0 Å². The van der Waals surface area contributed by atoms with Gasteiger partial charge in [0.25, 0.3) is 0 Å². The monoisotopic (exact) mass is 168 g/mol. The van der Waals surface area contributed by atoms with Gasteiger partial charge in [0.2, 0.25) is 0 Å². The topological polar surface area (TPSA) is 48.9 Å². The Kier molecular flexibility index (Phi) is 3.29. The van der Waals surface area contributed by atoms with Crippen LogP contribution >= 0.6 is 0 Å². The Morgan fingerprint density at radius 3 is 2.83 bits per heavy atom. The van der Waals surface area contributed by atoms with E-state index in [9.17, 15) is 5.11 Å². The molecule has 0 aliphatic heterocycles. The Bertz CT molecular complexity index is 206. The number of H-pyrrole nitrogens is 1. The molecule has 2 N–H and O–H groups in total. The summed E-state index contributed by atoms with van der Waals surface area (Å²) in [6.45, 7) is 4.21. The molecule has 1 aromatic heterocycles. The summed E-state index contributed by atoms with van der Waals surface area (Å²) in [5.41, 5.74) is 0. The number of hydrogen-bond donors (Lipinski definition) is 2. The molecule has 1 unspecified atom stereocenters. The maximum Gasteiger partial charge on any atom is 0.108 e. The van der Waals surface area contributed by atoms with E-state index in [-0.39, 0.29) is 6.10 Å². The molecule has 1 atom stereocenters. The number of aromatic amines is 1. The van der Waals surface area contributed by atoms with Gasteiger partial charge in [0.05, 0.1) is 6.10 Å². The second-order valence-electron chi connectivity index (χ2n) is 3.52. The Hall–Kier alpha value is -0.830. The van der Waals surface area contributed by atoms with Crippen molar-refractivity contribution in [1.82, 2.24) is 9.97 Å². The van der Waals surface area contributed by atoms with Crippen LogP contribution in [0, 0.1) is 5.92 Å². The summed E-state index contributed by atoms with van der Waals surface area (Å²) in [6.07, 6.45) is 4.68. The van der Waals surface area contributed by atoms with Gasteiger partial charge in [-0.05, 0) is 12.3 Å². The van der Waals surface area contributed by atoms with Crippen molar-refractivity contribution in [2.75, 3.05) is 0 Å². The molecule has 1 heterocycles. The number of imidazole rings is 1. The molecular weight excluding hydrogens is 152 g/mol. The fraction of sp³-hybridized carbons (Fsp3) is 0.667. The van der Waals surface area contributed by atoms with E-state index in [1.165, 1.54) is 0 Å². The van der Waals surface area contributed by atoms with Gasteiger partial charge < -0.3 is 10.1 Å². The van der Waals surface area contributed by atoms with Crippen LogP contribution in [0.2, 0.25) is 0 Å². The van der Waals surface area contributed by atoms with E-state index in [0.29, 0.717) is 12.3 Å². The maximum atomic E-state index is 9.53. The summed E-state index contributed by atoms with van der Waals surface area (Å²) in [5, 5.41) is 9.53. The first kappa shape index (κ1) is 9.26. The highest BCUT2D eigenvalue weighted by atomic mass is 16.3. The summed E-state index contributed by atoms with van der Waals surface area (Å²) in [5.74, 6) is 1.40. The summed E-state index contributed by atoms with van der Waals surface area (Å²) >= 11 is 0. The van der Waals surface area contributed by atoms with Gasteiger partial charge in [-0.25, -0.2) is 4.98 Å². The molecule has 0 aliphatic rings. The smallest absolute Gasteiger partial charge is 0.108 e. The van der Waals surface area contributed by atoms with Gasteiger partial charge in [-0.1, -0.05) is 13.8 Å².